The zero-order valence-corrected chi connectivity index (χ0v) is 13.4. The summed E-state index contributed by atoms with van der Waals surface area (Å²) in [5, 5.41) is 21.9. The van der Waals surface area contributed by atoms with E-state index < -0.39 is 10.5 Å². The highest BCUT2D eigenvalue weighted by molar-refractivity contribution is 5.52. The van der Waals surface area contributed by atoms with Crippen LogP contribution < -0.4 is 0 Å². The number of nitro groups is 2. The molecule has 0 aliphatic heterocycles. The first kappa shape index (κ1) is 17.5. The van der Waals surface area contributed by atoms with E-state index in [1.165, 1.54) is 17.8 Å². The number of allylic oxidation sites excluding steroid dienone is 2. The molecule has 0 saturated carbocycles. The molecule has 1 aromatic heterocycles. The van der Waals surface area contributed by atoms with Gasteiger partial charge in [0, 0.05) is 31.3 Å². The van der Waals surface area contributed by atoms with Gasteiger partial charge in [-0.05, 0) is 24.3 Å². The Labute approximate surface area is 128 Å². The SMILES string of the molecule is CC(C)=C/C(=C\c1ncc([N+](=O)[O-])n1C)CC(C)(C)[N+](=O)[O-]. The first-order valence-electron chi connectivity index (χ1n) is 6.70. The summed E-state index contributed by atoms with van der Waals surface area (Å²) in [5.74, 6) is 0.259. The third-order valence-corrected chi connectivity index (χ3v) is 3.11. The standard InChI is InChI=1S/C14H20N4O4/c1-10(2)6-11(8-14(3,4)18(21)22)7-12-15-9-13(16(12)5)17(19)20/h6-7,9H,8H2,1-5H3/b11-7+. The van der Waals surface area contributed by atoms with Gasteiger partial charge in [-0.15, -0.1) is 0 Å². The number of rotatable bonds is 6. The van der Waals surface area contributed by atoms with Gasteiger partial charge in [0.15, 0.2) is 0 Å². The molecule has 0 saturated heterocycles. The third kappa shape index (κ3) is 4.24. The molecule has 0 amide bonds. The maximum atomic E-state index is 11.1. The van der Waals surface area contributed by atoms with E-state index in [0.29, 0.717) is 11.4 Å². The van der Waals surface area contributed by atoms with Crippen LogP contribution in [0.25, 0.3) is 6.08 Å². The Bertz CT molecular complexity index is 652. The molecule has 1 aromatic rings. The van der Waals surface area contributed by atoms with Gasteiger partial charge in [0.1, 0.15) is 6.20 Å². The molecule has 0 unspecified atom stereocenters. The van der Waals surface area contributed by atoms with E-state index in [4.69, 9.17) is 0 Å². The molecule has 0 spiro atoms. The van der Waals surface area contributed by atoms with E-state index in [9.17, 15) is 20.2 Å². The molecule has 0 N–H and O–H groups in total. The Balaban J connectivity index is 3.26. The first-order chi connectivity index (χ1) is 10.0. The lowest BCUT2D eigenvalue weighted by molar-refractivity contribution is -0.559. The van der Waals surface area contributed by atoms with Crippen LogP contribution in [0.15, 0.2) is 23.4 Å². The quantitative estimate of drug-likeness (QED) is 0.456. The highest BCUT2D eigenvalue weighted by atomic mass is 16.6. The fourth-order valence-corrected chi connectivity index (χ4v) is 1.96. The van der Waals surface area contributed by atoms with Crippen molar-refractivity contribution < 1.29 is 9.85 Å². The van der Waals surface area contributed by atoms with Crippen molar-refractivity contribution in [3.63, 3.8) is 0 Å². The molecule has 1 rings (SSSR count). The lowest BCUT2D eigenvalue weighted by Crippen LogP contribution is -2.31. The Morgan fingerprint density at radius 3 is 2.36 bits per heavy atom. The molecule has 0 radical (unpaired) electrons. The smallest absolute Gasteiger partial charge is 0.342 e. The second-order valence-electron chi connectivity index (χ2n) is 5.98. The molecule has 0 bridgehead atoms. The van der Waals surface area contributed by atoms with Crippen molar-refractivity contribution in [1.82, 2.24) is 9.55 Å². The summed E-state index contributed by atoms with van der Waals surface area (Å²) >= 11 is 0. The van der Waals surface area contributed by atoms with Crippen molar-refractivity contribution in [3.8, 4) is 0 Å². The number of hydrogen-bond donors (Lipinski definition) is 0. The summed E-state index contributed by atoms with van der Waals surface area (Å²) in [6.45, 7) is 6.85. The normalized spacial score (nSPS) is 12.1. The van der Waals surface area contributed by atoms with Gasteiger partial charge in [-0.25, -0.2) is 9.55 Å². The topological polar surface area (TPSA) is 104 Å². The van der Waals surface area contributed by atoms with Gasteiger partial charge >= 0.3 is 5.82 Å². The Kier molecular flexibility index (Phi) is 5.19. The molecule has 8 heteroatoms. The average Bonchev–Trinajstić information content (AvgIpc) is 2.69. The summed E-state index contributed by atoms with van der Waals surface area (Å²) in [7, 11) is 1.54. The lowest BCUT2D eigenvalue weighted by atomic mass is 9.94. The summed E-state index contributed by atoms with van der Waals surface area (Å²) in [5.41, 5.74) is 0.550. The number of aromatic nitrogens is 2. The van der Waals surface area contributed by atoms with Crippen molar-refractivity contribution in [2.75, 3.05) is 0 Å². The summed E-state index contributed by atoms with van der Waals surface area (Å²) < 4.78 is 1.35. The molecule has 0 fully saturated rings. The molecular formula is C14H20N4O4. The van der Waals surface area contributed by atoms with Crippen molar-refractivity contribution in [2.45, 2.75) is 39.7 Å². The zero-order chi connectivity index (χ0) is 17.1. The van der Waals surface area contributed by atoms with Gasteiger partial charge in [-0.2, -0.15) is 0 Å². The third-order valence-electron chi connectivity index (χ3n) is 3.11. The maximum absolute atomic E-state index is 11.1. The minimum atomic E-state index is -1.13. The number of nitrogens with zero attached hydrogens (tertiary/aromatic N) is 4. The maximum Gasteiger partial charge on any atom is 0.342 e. The number of hydrogen-bond acceptors (Lipinski definition) is 5. The summed E-state index contributed by atoms with van der Waals surface area (Å²) in [6, 6.07) is 0. The minimum Gasteiger partial charge on any atom is -0.358 e. The molecule has 0 aliphatic carbocycles. The van der Waals surface area contributed by atoms with Gasteiger partial charge in [0.25, 0.3) is 0 Å². The van der Waals surface area contributed by atoms with Crippen LogP contribution >= 0.6 is 0 Å². The van der Waals surface area contributed by atoms with Gasteiger partial charge in [0.05, 0.1) is 7.05 Å². The monoisotopic (exact) mass is 308 g/mol. The van der Waals surface area contributed by atoms with Crippen LogP contribution in [0.2, 0.25) is 0 Å². The fraction of sp³-hybridized carbons (Fsp3) is 0.500. The van der Waals surface area contributed by atoms with E-state index >= 15 is 0 Å². The van der Waals surface area contributed by atoms with E-state index in [2.05, 4.69) is 4.98 Å². The minimum absolute atomic E-state index is 0.128. The molecule has 22 heavy (non-hydrogen) atoms. The Morgan fingerprint density at radius 1 is 1.36 bits per heavy atom. The lowest BCUT2D eigenvalue weighted by Gasteiger charge is -2.16. The predicted octanol–water partition coefficient (Wildman–Crippen LogP) is 3.12. The van der Waals surface area contributed by atoms with Crippen LogP contribution in [-0.4, -0.2) is 24.9 Å². The Hall–Kier alpha value is -2.51. The number of imidazole rings is 1. The molecule has 0 aliphatic rings. The van der Waals surface area contributed by atoms with Crippen LogP contribution in [0.1, 0.15) is 39.9 Å². The van der Waals surface area contributed by atoms with Crippen LogP contribution in [-0.2, 0) is 7.05 Å². The van der Waals surface area contributed by atoms with Crippen LogP contribution in [0, 0.1) is 20.2 Å². The van der Waals surface area contributed by atoms with E-state index in [1.807, 2.05) is 19.9 Å². The molecular weight excluding hydrogens is 288 g/mol. The average molecular weight is 308 g/mol. The van der Waals surface area contributed by atoms with Crippen LogP contribution in [0.4, 0.5) is 5.82 Å². The summed E-state index contributed by atoms with van der Waals surface area (Å²) in [4.78, 5) is 25.1. The largest absolute Gasteiger partial charge is 0.358 e. The predicted molar refractivity (Wildman–Crippen MR) is 83.0 cm³/mol. The second kappa shape index (κ2) is 6.50. The highest BCUT2D eigenvalue weighted by Gasteiger charge is 2.31. The molecule has 8 nitrogen and oxygen atoms in total. The Morgan fingerprint density at radius 2 is 1.95 bits per heavy atom. The molecule has 120 valence electrons. The van der Waals surface area contributed by atoms with Crippen molar-refractivity contribution >= 4 is 11.9 Å². The molecule has 0 aromatic carbocycles. The second-order valence-corrected chi connectivity index (χ2v) is 5.98. The zero-order valence-electron chi connectivity index (χ0n) is 13.4. The fourth-order valence-electron chi connectivity index (χ4n) is 1.96. The van der Waals surface area contributed by atoms with E-state index in [-0.39, 0.29) is 17.2 Å². The molecule has 1 heterocycles. The van der Waals surface area contributed by atoms with Gasteiger partial charge in [-0.1, -0.05) is 11.6 Å². The van der Waals surface area contributed by atoms with Gasteiger partial charge in [0.2, 0.25) is 11.4 Å². The first-order valence-corrected chi connectivity index (χ1v) is 6.70. The highest BCUT2D eigenvalue weighted by Crippen LogP contribution is 2.24. The van der Waals surface area contributed by atoms with E-state index in [0.717, 1.165) is 5.57 Å². The summed E-state index contributed by atoms with van der Waals surface area (Å²) in [6.07, 6.45) is 4.84. The van der Waals surface area contributed by atoms with Crippen molar-refractivity contribution in [1.29, 1.82) is 0 Å². The van der Waals surface area contributed by atoms with Crippen molar-refractivity contribution in [2.24, 2.45) is 7.05 Å². The van der Waals surface area contributed by atoms with Crippen LogP contribution in [0.3, 0.4) is 0 Å². The van der Waals surface area contributed by atoms with Crippen LogP contribution in [0.5, 0.6) is 0 Å². The molecule has 0 atom stereocenters. The van der Waals surface area contributed by atoms with Crippen molar-refractivity contribution in [3.05, 3.63) is 49.5 Å². The van der Waals surface area contributed by atoms with Gasteiger partial charge < -0.3 is 10.1 Å². The van der Waals surface area contributed by atoms with Gasteiger partial charge in [-0.3, -0.25) is 10.1 Å². The van der Waals surface area contributed by atoms with E-state index in [1.54, 1.807) is 19.9 Å².